The lowest BCUT2D eigenvalue weighted by molar-refractivity contribution is -0.131. The molecule has 0 saturated carbocycles. The van der Waals surface area contributed by atoms with Gasteiger partial charge in [-0.05, 0) is 26.8 Å². The molecule has 1 atom stereocenters. The first-order valence-corrected chi connectivity index (χ1v) is 6.24. The van der Waals surface area contributed by atoms with Crippen molar-refractivity contribution in [2.24, 2.45) is 0 Å². The number of carbonyl (C=O) groups excluding carboxylic acids is 1. The van der Waals surface area contributed by atoms with Crippen LogP contribution >= 0.6 is 0 Å². The fourth-order valence-corrected chi connectivity index (χ4v) is 1.74. The summed E-state index contributed by atoms with van der Waals surface area (Å²) in [7, 11) is 0. The van der Waals surface area contributed by atoms with Gasteiger partial charge in [0.2, 0.25) is 5.91 Å². The van der Waals surface area contributed by atoms with E-state index >= 15 is 0 Å². The number of nitrogens with two attached hydrogens (primary N) is 1. The van der Waals surface area contributed by atoms with E-state index in [0.717, 1.165) is 0 Å². The fraction of sp³-hybridized carbons (Fsp3) is 0.462. The van der Waals surface area contributed by atoms with E-state index in [2.05, 4.69) is 10.3 Å². The number of hydrogen-bond donors (Lipinski definition) is 2. The molecule has 1 unspecified atom stereocenters. The molecule has 1 amide bonds. The Labute approximate surface area is 113 Å². The van der Waals surface area contributed by atoms with Crippen molar-refractivity contribution in [3.63, 3.8) is 0 Å². The monoisotopic (exact) mass is 261 g/mol. The fourth-order valence-electron chi connectivity index (χ4n) is 1.74. The van der Waals surface area contributed by atoms with Gasteiger partial charge in [0.05, 0.1) is 11.3 Å². The van der Waals surface area contributed by atoms with Gasteiger partial charge < -0.3 is 16.0 Å². The summed E-state index contributed by atoms with van der Waals surface area (Å²) in [6.45, 7) is 6.96. The molecular weight excluding hydrogens is 242 g/mol. The van der Waals surface area contributed by atoms with Gasteiger partial charge in [-0.15, -0.1) is 0 Å². The highest BCUT2D eigenvalue weighted by Crippen LogP contribution is 2.17. The van der Waals surface area contributed by atoms with Crippen molar-refractivity contribution in [3.8, 4) is 6.07 Å². The van der Waals surface area contributed by atoms with Crippen LogP contribution in [-0.2, 0) is 4.79 Å². The zero-order chi connectivity index (χ0) is 14.4. The van der Waals surface area contributed by atoms with Crippen molar-refractivity contribution in [3.05, 3.63) is 17.8 Å². The molecular formula is C13H19N5O. The van der Waals surface area contributed by atoms with Crippen LogP contribution < -0.4 is 11.1 Å². The Morgan fingerprint density at radius 2 is 2.21 bits per heavy atom. The van der Waals surface area contributed by atoms with Crippen LogP contribution in [0.2, 0.25) is 0 Å². The van der Waals surface area contributed by atoms with Gasteiger partial charge in [0.1, 0.15) is 17.9 Å². The minimum Gasteiger partial charge on any atom is -0.396 e. The zero-order valence-corrected chi connectivity index (χ0v) is 11.5. The third-order valence-corrected chi connectivity index (χ3v) is 2.85. The van der Waals surface area contributed by atoms with Crippen molar-refractivity contribution in [1.29, 1.82) is 5.26 Å². The number of nitrogen functional groups attached to an aromatic ring is 1. The normalized spacial score (nSPS) is 11.5. The summed E-state index contributed by atoms with van der Waals surface area (Å²) in [5.41, 5.74) is 6.54. The summed E-state index contributed by atoms with van der Waals surface area (Å²) < 4.78 is 0. The van der Waals surface area contributed by atoms with E-state index in [9.17, 15) is 4.79 Å². The molecule has 0 aliphatic heterocycles. The Hall–Kier alpha value is -2.29. The van der Waals surface area contributed by atoms with Gasteiger partial charge in [0.15, 0.2) is 0 Å². The van der Waals surface area contributed by atoms with Gasteiger partial charge in [-0.1, -0.05) is 0 Å². The Kier molecular flexibility index (Phi) is 5.12. The lowest BCUT2D eigenvalue weighted by Crippen LogP contribution is -2.41. The lowest BCUT2D eigenvalue weighted by Gasteiger charge is -2.24. The van der Waals surface area contributed by atoms with Crippen molar-refractivity contribution in [2.45, 2.75) is 26.8 Å². The third kappa shape index (κ3) is 3.58. The average molecular weight is 261 g/mol. The second kappa shape index (κ2) is 6.59. The van der Waals surface area contributed by atoms with Crippen LogP contribution in [0.3, 0.4) is 0 Å². The van der Waals surface area contributed by atoms with Crippen molar-refractivity contribution < 1.29 is 4.79 Å². The molecule has 0 fully saturated rings. The number of nitriles is 1. The zero-order valence-electron chi connectivity index (χ0n) is 11.5. The first-order chi connectivity index (χ1) is 9.03. The summed E-state index contributed by atoms with van der Waals surface area (Å²) in [6, 6.07) is 3.08. The van der Waals surface area contributed by atoms with Crippen molar-refractivity contribution in [1.82, 2.24) is 9.88 Å². The van der Waals surface area contributed by atoms with Gasteiger partial charge in [-0.2, -0.15) is 5.26 Å². The van der Waals surface area contributed by atoms with Gasteiger partial charge in [0.25, 0.3) is 0 Å². The summed E-state index contributed by atoms with van der Waals surface area (Å²) in [4.78, 5) is 17.9. The smallest absolute Gasteiger partial charge is 0.244 e. The number of hydrogen-bond acceptors (Lipinski definition) is 5. The number of aromatic nitrogens is 1. The second-order valence-electron chi connectivity index (χ2n) is 4.15. The molecule has 6 nitrogen and oxygen atoms in total. The molecule has 0 aromatic carbocycles. The number of nitrogens with one attached hydrogen (secondary N) is 1. The van der Waals surface area contributed by atoms with E-state index < -0.39 is 6.04 Å². The highest BCUT2D eigenvalue weighted by molar-refractivity contribution is 5.85. The van der Waals surface area contributed by atoms with Crippen LogP contribution in [0, 0.1) is 11.3 Å². The summed E-state index contributed by atoms with van der Waals surface area (Å²) >= 11 is 0. The number of rotatable bonds is 5. The van der Waals surface area contributed by atoms with Gasteiger partial charge >= 0.3 is 0 Å². The average Bonchev–Trinajstić information content (AvgIpc) is 2.42. The maximum Gasteiger partial charge on any atom is 0.244 e. The molecule has 0 aliphatic carbocycles. The third-order valence-electron chi connectivity index (χ3n) is 2.85. The molecule has 102 valence electrons. The molecule has 1 aromatic rings. The molecule has 1 heterocycles. The molecule has 0 bridgehead atoms. The summed E-state index contributed by atoms with van der Waals surface area (Å²) in [6.07, 6.45) is 1.42. The molecule has 6 heteroatoms. The van der Waals surface area contributed by atoms with Crippen LogP contribution in [0.15, 0.2) is 12.3 Å². The molecule has 1 rings (SSSR count). The molecule has 0 saturated heterocycles. The topological polar surface area (TPSA) is 95.0 Å². The Balaban J connectivity index is 2.80. The molecule has 0 aliphatic rings. The Morgan fingerprint density at radius 1 is 1.58 bits per heavy atom. The molecule has 1 aromatic heterocycles. The quantitative estimate of drug-likeness (QED) is 0.830. The number of nitrogens with zero attached hydrogens (tertiary/aromatic N) is 3. The maximum absolute atomic E-state index is 12.1. The number of carbonyl (C=O) groups is 1. The SMILES string of the molecule is CCN(CC)C(=O)C(C)Nc1ncc(C#N)cc1N. The van der Waals surface area contributed by atoms with Crippen LogP contribution in [0.4, 0.5) is 11.5 Å². The maximum atomic E-state index is 12.1. The minimum atomic E-state index is -0.414. The van der Waals surface area contributed by atoms with Gasteiger partial charge in [0, 0.05) is 19.3 Å². The highest BCUT2D eigenvalue weighted by atomic mass is 16.2. The molecule has 0 spiro atoms. The van der Waals surface area contributed by atoms with E-state index in [1.54, 1.807) is 11.8 Å². The summed E-state index contributed by atoms with van der Waals surface area (Å²) in [5.74, 6) is 0.419. The standard InChI is InChI=1S/C13H19N5O/c1-4-18(5-2)13(19)9(3)17-12-11(15)6-10(7-14)8-16-12/h6,8-9H,4-5,15H2,1-3H3,(H,16,17). The Bertz CT molecular complexity index is 490. The van der Waals surface area contributed by atoms with Crippen molar-refractivity contribution in [2.75, 3.05) is 24.1 Å². The van der Waals surface area contributed by atoms with Crippen LogP contribution in [0.1, 0.15) is 26.3 Å². The van der Waals surface area contributed by atoms with E-state index in [4.69, 9.17) is 11.0 Å². The van der Waals surface area contributed by atoms with Crippen LogP contribution in [-0.4, -0.2) is 34.9 Å². The molecule has 3 N–H and O–H groups in total. The minimum absolute atomic E-state index is 0.00411. The number of amides is 1. The van der Waals surface area contributed by atoms with E-state index in [1.807, 2.05) is 19.9 Å². The molecule has 0 radical (unpaired) electrons. The van der Waals surface area contributed by atoms with E-state index in [0.29, 0.717) is 30.2 Å². The highest BCUT2D eigenvalue weighted by Gasteiger charge is 2.19. The van der Waals surface area contributed by atoms with E-state index in [1.165, 1.54) is 12.3 Å². The first kappa shape index (κ1) is 14.8. The van der Waals surface area contributed by atoms with Crippen molar-refractivity contribution >= 4 is 17.4 Å². The van der Waals surface area contributed by atoms with Gasteiger partial charge in [-0.3, -0.25) is 4.79 Å². The van der Waals surface area contributed by atoms with Crippen LogP contribution in [0.25, 0.3) is 0 Å². The number of pyridine rings is 1. The molecule has 19 heavy (non-hydrogen) atoms. The first-order valence-electron chi connectivity index (χ1n) is 6.24. The largest absolute Gasteiger partial charge is 0.396 e. The Morgan fingerprint density at radius 3 is 2.68 bits per heavy atom. The summed E-state index contributed by atoms with van der Waals surface area (Å²) in [5, 5.41) is 11.7. The number of anilines is 2. The predicted molar refractivity (Wildman–Crippen MR) is 74.4 cm³/mol. The van der Waals surface area contributed by atoms with E-state index in [-0.39, 0.29) is 5.91 Å². The number of likely N-dealkylation sites (N-methyl/N-ethyl adjacent to an activating group) is 1. The predicted octanol–water partition coefficient (Wildman–Crippen LogP) is 1.20. The van der Waals surface area contributed by atoms with Gasteiger partial charge in [-0.25, -0.2) is 4.98 Å². The lowest BCUT2D eigenvalue weighted by atomic mass is 10.2. The van der Waals surface area contributed by atoms with Crippen LogP contribution in [0.5, 0.6) is 0 Å². The second-order valence-corrected chi connectivity index (χ2v) is 4.15.